The summed E-state index contributed by atoms with van der Waals surface area (Å²) in [6.07, 6.45) is 0.972. The third-order valence-electron chi connectivity index (χ3n) is 5.97. The molecule has 7 nitrogen and oxygen atoms in total. The Morgan fingerprint density at radius 1 is 1.17 bits per heavy atom. The summed E-state index contributed by atoms with van der Waals surface area (Å²) >= 11 is 0. The molecule has 2 fully saturated rings. The smallest absolute Gasteiger partial charge is 0.327 e. The molecule has 0 atom stereocenters. The predicted octanol–water partition coefficient (Wildman–Crippen LogP) is 2.67. The van der Waals surface area contributed by atoms with Crippen LogP contribution in [-0.4, -0.2) is 78.4 Å². The molecule has 0 bridgehead atoms. The van der Waals surface area contributed by atoms with Gasteiger partial charge >= 0.3 is 6.03 Å². The van der Waals surface area contributed by atoms with Gasteiger partial charge in [-0.25, -0.2) is 4.79 Å². The fourth-order valence-electron chi connectivity index (χ4n) is 4.34. The Bertz CT molecular complexity index is 797. The van der Waals surface area contributed by atoms with E-state index in [1.54, 1.807) is 9.80 Å². The number of anilines is 1. The zero-order valence-corrected chi connectivity index (χ0v) is 18.1. The Morgan fingerprint density at radius 3 is 2.38 bits per heavy atom. The standard InChI is InChI=1S/C22H32N4O3/c1-6-25-20(28)22(26(21(25)29)15-16(2)3)10-12-24(13-11-22)19(27)17-8-7-9-18(14-17)23(4)5/h7-9,14,16H,6,10-13,15H2,1-5H3. The van der Waals surface area contributed by atoms with Crippen molar-refractivity contribution in [3.8, 4) is 0 Å². The number of likely N-dealkylation sites (N-methyl/N-ethyl adjacent to an activating group) is 1. The number of rotatable bonds is 5. The highest BCUT2D eigenvalue weighted by Crippen LogP contribution is 2.38. The lowest BCUT2D eigenvalue weighted by atomic mass is 9.85. The minimum atomic E-state index is -0.806. The van der Waals surface area contributed by atoms with Crippen molar-refractivity contribution in [2.24, 2.45) is 5.92 Å². The van der Waals surface area contributed by atoms with E-state index in [9.17, 15) is 14.4 Å². The first kappa shape index (κ1) is 21.1. The van der Waals surface area contributed by atoms with Crippen LogP contribution < -0.4 is 4.90 Å². The molecule has 2 saturated heterocycles. The monoisotopic (exact) mass is 400 g/mol. The highest BCUT2D eigenvalue weighted by molar-refractivity contribution is 6.07. The summed E-state index contributed by atoms with van der Waals surface area (Å²) in [7, 11) is 3.89. The van der Waals surface area contributed by atoms with Gasteiger partial charge in [0.1, 0.15) is 5.54 Å². The molecule has 29 heavy (non-hydrogen) atoms. The lowest BCUT2D eigenvalue weighted by Crippen LogP contribution is -2.58. The van der Waals surface area contributed by atoms with Gasteiger partial charge in [0, 0.05) is 51.5 Å². The van der Waals surface area contributed by atoms with Crippen molar-refractivity contribution in [1.29, 1.82) is 0 Å². The van der Waals surface area contributed by atoms with E-state index in [1.807, 2.05) is 50.2 Å². The van der Waals surface area contributed by atoms with Crippen molar-refractivity contribution >= 4 is 23.5 Å². The van der Waals surface area contributed by atoms with Crippen LogP contribution >= 0.6 is 0 Å². The highest BCUT2D eigenvalue weighted by Gasteiger charge is 2.57. The molecule has 1 aromatic rings. The van der Waals surface area contributed by atoms with E-state index in [0.717, 1.165) is 5.69 Å². The lowest BCUT2D eigenvalue weighted by molar-refractivity contribution is -0.135. The maximum Gasteiger partial charge on any atom is 0.327 e. The molecule has 158 valence electrons. The topological polar surface area (TPSA) is 64.2 Å². The third kappa shape index (κ3) is 3.70. The van der Waals surface area contributed by atoms with Crippen LogP contribution in [0.25, 0.3) is 0 Å². The Hall–Kier alpha value is -2.57. The van der Waals surface area contributed by atoms with Gasteiger partial charge in [0.05, 0.1) is 0 Å². The highest BCUT2D eigenvalue weighted by atomic mass is 16.2. The van der Waals surface area contributed by atoms with Gasteiger partial charge in [-0.05, 0) is 43.9 Å². The lowest BCUT2D eigenvalue weighted by Gasteiger charge is -2.42. The van der Waals surface area contributed by atoms with Gasteiger partial charge in [0.2, 0.25) is 0 Å². The number of carbonyl (C=O) groups is 3. The quantitative estimate of drug-likeness (QED) is 0.713. The first-order valence-corrected chi connectivity index (χ1v) is 10.4. The van der Waals surface area contributed by atoms with Crippen molar-refractivity contribution in [1.82, 2.24) is 14.7 Å². The molecule has 2 aliphatic rings. The second-order valence-corrected chi connectivity index (χ2v) is 8.60. The maximum absolute atomic E-state index is 13.1. The second kappa shape index (κ2) is 8.05. The first-order valence-electron chi connectivity index (χ1n) is 10.4. The van der Waals surface area contributed by atoms with Crippen LogP contribution in [0, 0.1) is 5.92 Å². The van der Waals surface area contributed by atoms with E-state index in [-0.39, 0.29) is 23.8 Å². The van der Waals surface area contributed by atoms with Gasteiger partial charge in [-0.3, -0.25) is 14.5 Å². The molecule has 2 heterocycles. The summed E-state index contributed by atoms with van der Waals surface area (Å²) < 4.78 is 0. The molecule has 7 heteroatoms. The molecule has 1 spiro atoms. The molecule has 4 amide bonds. The molecular formula is C22H32N4O3. The minimum Gasteiger partial charge on any atom is -0.378 e. The Balaban J connectivity index is 1.79. The fraction of sp³-hybridized carbons (Fsp3) is 0.591. The molecule has 3 rings (SSSR count). The predicted molar refractivity (Wildman–Crippen MR) is 113 cm³/mol. The number of carbonyl (C=O) groups excluding carboxylic acids is 3. The molecule has 0 aliphatic carbocycles. The van der Waals surface area contributed by atoms with Crippen LogP contribution in [0.2, 0.25) is 0 Å². The van der Waals surface area contributed by atoms with Crippen LogP contribution in [0.4, 0.5) is 10.5 Å². The average molecular weight is 401 g/mol. The zero-order chi connectivity index (χ0) is 21.3. The minimum absolute atomic E-state index is 0.0249. The van der Waals surface area contributed by atoms with Crippen LogP contribution in [0.3, 0.4) is 0 Å². The fourth-order valence-corrected chi connectivity index (χ4v) is 4.34. The van der Waals surface area contributed by atoms with Gasteiger partial charge in [-0.15, -0.1) is 0 Å². The van der Waals surface area contributed by atoms with Crippen LogP contribution in [-0.2, 0) is 4.79 Å². The summed E-state index contributed by atoms with van der Waals surface area (Å²) in [6, 6.07) is 7.38. The first-order chi connectivity index (χ1) is 13.7. The number of hydrogen-bond donors (Lipinski definition) is 0. The van der Waals surface area contributed by atoms with E-state index in [4.69, 9.17) is 0 Å². The molecule has 0 radical (unpaired) electrons. The maximum atomic E-state index is 13.1. The van der Waals surface area contributed by atoms with E-state index in [2.05, 4.69) is 13.8 Å². The van der Waals surface area contributed by atoms with Crippen molar-refractivity contribution < 1.29 is 14.4 Å². The number of nitrogens with zero attached hydrogens (tertiary/aromatic N) is 4. The van der Waals surface area contributed by atoms with Gasteiger partial charge < -0.3 is 14.7 Å². The summed E-state index contributed by atoms with van der Waals surface area (Å²) in [5, 5.41) is 0. The second-order valence-electron chi connectivity index (χ2n) is 8.60. The van der Waals surface area contributed by atoms with Gasteiger partial charge in [-0.1, -0.05) is 19.9 Å². The van der Waals surface area contributed by atoms with Crippen molar-refractivity contribution in [2.45, 2.75) is 39.2 Å². The summed E-state index contributed by atoms with van der Waals surface area (Å²) in [6.45, 7) is 7.81. The Kier molecular flexibility index (Phi) is 5.87. The Labute approximate surface area is 173 Å². The van der Waals surface area contributed by atoms with Gasteiger partial charge in [-0.2, -0.15) is 0 Å². The average Bonchev–Trinajstić information content (AvgIpc) is 2.89. The largest absolute Gasteiger partial charge is 0.378 e. The van der Waals surface area contributed by atoms with E-state index in [1.165, 1.54) is 4.90 Å². The summed E-state index contributed by atoms with van der Waals surface area (Å²) in [4.78, 5) is 45.9. The molecule has 0 N–H and O–H groups in total. The molecular weight excluding hydrogens is 368 g/mol. The molecule has 1 aromatic carbocycles. The van der Waals surface area contributed by atoms with Crippen LogP contribution in [0.5, 0.6) is 0 Å². The number of likely N-dealkylation sites (tertiary alicyclic amines) is 1. The molecule has 0 saturated carbocycles. The normalized spacial score (nSPS) is 18.9. The van der Waals surface area contributed by atoms with Crippen molar-refractivity contribution in [3.63, 3.8) is 0 Å². The molecule has 0 unspecified atom stereocenters. The summed E-state index contributed by atoms with van der Waals surface area (Å²) in [5.41, 5.74) is 0.817. The number of amides is 4. The SMILES string of the molecule is CCN1C(=O)N(CC(C)C)C2(CCN(C(=O)c3cccc(N(C)C)c3)CC2)C1=O. The van der Waals surface area contributed by atoms with Crippen LogP contribution in [0.1, 0.15) is 44.0 Å². The number of piperidine rings is 1. The zero-order valence-electron chi connectivity index (χ0n) is 18.1. The summed E-state index contributed by atoms with van der Waals surface area (Å²) in [5.74, 6) is 0.143. The Morgan fingerprint density at radius 2 is 1.83 bits per heavy atom. The number of imide groups is 1. The number of hydrogen-bond acceptors (Lipinski definition) is 4. The molecule has 0 aromatic heterocycles. The van der Waals surface area contributed by atoms with E-state index in [0.29, 0.717) is 44.6 Å². The number of urea groups is 1. The van der Waals surface area contributed by atoms with Crippen molar-refractivity contribution in [3.05, 3.63) is 29.8 Å². The third-order valence-corrected chi connectivity index (χ3v) is 5.97. The van der Waals surface area contributed by atoms with E-state index < -0.39 is 5.54 Å². The van der Waals surface area contributed by atoms with Crippen molar-refractivity contribution in [2.75, 3.05) is 45.2 Å². The number of benzene rings is 1. The molecule has 2 aliphatic heterocycles. The van der Waals surface area contributed by atoms with Crippen LogP contribution in [0.15, 0.2) is 24.3 Å². The van der Waals surface area contributed by atoms with E-state index >= 15 is 0 Å². The van der Waals surface area contributed by atoms with Gasteiger partial charge in [0.25, 0.3) is 11.8 Å². The van der Waals surface area contributed by atoms with Gasteiger partial charge in [0.15, 0.2) is 0 Å².